The summed E-state index contributed by atoms with van der Waals surface area (Å²) in [4.78, 5) is 18.3. The van der Waals surface area contributed by atoms with Gasteiger partial charge in [-0.2, -0.15) is 0 Å². The molecule has 2 fully saturated rings. The summed E-state index contributed by atoms with van der Waals surface area (Å²) in [5.41, 5.74) is 3.46. The van der Waals surface area contributed by atoms with Crippen molar-refractivity contribution in [3.8, 4) is 5.75 Å². The lowest BCUT2D eigenvalue weighted by atomic mass is 9.68. The number of aryl methyl sites for hydroxylation is 1. The fraction of sp³-hybridized carbons (Fsp3) is 0.605. The number of hydrogen-bond acceptors (Lipinski definition) is 8. The molecule has 7 rings (SSSR count). The Bertz CT molecular complexity index is 1660. The number of allylic oxidation sites excluding steroid dienone is 1. The van der Waals surface area contributed by atoms with Crippen LogP contribution < -0.4 is 14.4 Å². The molecule has 3 heterocycles. The smallest absolute Gasteiger partial charge is 0.264 e. The molecule has 2 aromatic rings. The van der Waals surface area contributed by atoms with Gasteiger partial charge in [-0.3, -0.25) is 9.69 Å². The zero-order chi connectivity index (χ0) is 34.2. The van der Waals surface area contributed by atoms with Gasteiger partial charge in [0.15, 0.2) is 0 Å². The summed E-state index contributed by atoms with van der Waals surface area (Å²) < 4.78 is 48.0. The Hall–Kier alpha value is -2.63. The van der Waals surface area contributed by atoms with E-state index in [9.17, 15) is 13.2 Å². The number of rotatable bonds is 4. The van der Waals surface area contributed by atoms with Gasteiger partial charge in [-0.05, 0) is 105 Å². The normalized spacial score (nSPS) is 32.5. The van der Waals surface area contributed by atoms with Crippen LogP contribution in [0.1, 0.15) is 67.4 Å². The van der Waals surface area contributed by atoms with E-state index in [0.29, 0.717) is 37.0 Å². The molecule has 0 unspecified atom stereocenters. The Balaban J connectivity index is 1.24. The van der Waals surface area contributed by atoms with E-state index in [2.05, 4.69) is 38.8 Å². The Morgan fingerprint density at radius 1 is 1.08 bits per heavy atom. The van der Waals surface area contributed by atoms with E-state index in [0.717, 1.165) is 94.5 Å². The quantitative estimate of drug-likeness (QED) is 0.410. The van der Waals surface area contributed by atoms with Gasteiger partial charge >= 0.3 is 0 Å². The molecular formula is C38H50ClN3O6S. The molecule has 11 heteroatoms. The SMILES string of the molecule is C[C@@H]1C[C@@H](C)/C=C\[C@H](OCCN2CCOCC2)[C@@H]2CC[C@H]2CN2C[C@@]3(CCCc4cc(Cl)ccc43)COc3ccc(cc32)C(=O)NS1(=O)=O. The van der Waals surface area contributed by atoms with Crippen molar-refractivity contribution >= 4 is 33.2 Å². The van der Waals surface area contributed by atoms with Crippen LogP contribution in [0.2, 0.25) is 5.02 Å². The van der Waals surface area contributed by atoms with Crippen LogP contribution in [-0.4, -0.2) is 89.7 Å². The highest BCUT2D eigenvalue weighted by Gasteiger charge is 2.44. The highest BCUT2D eigenvalue weighted by atomic mass is 35.5. The van der Waals surface area contributed by atoms with Gasteiger partial charge in [0.05, 0.1) is 43.5 Å². The second kappa shape index (κ2) is 14.5. The number of morpholine rings is 1. The van der Waals surface area contributed by atoms with Crippen LogP contribution in [0.25, 0.3) is 0 Å². The molecule has 5 aliphatic rings. The molecule has 0 radical (unpaired) electrons. The number of benzene rings is 2. The zero-order valence-electron chi connectivity index (χ0n) is 28.7. The van der Waals surface area contributed by atoms with Crippen LogP contribution in [0.15, 0.2) is 48.6 Å². The average molecular weight is 712 g/mol. The van der Waals surface area contributed by atoms with Crippen LogP contribution in [0.3, 0.4) is 0 Å². The lowest BCUT2D eigenvalue weighted by Crippen LogP contribution is -2.50. The predicted octanol–water partition coefficient (Wildman–Crippen LogP) is 5.60. The molecular weight excluding hydrogens is 662 g/mol. The molecule has 1 amide bonds. The number of nitrogens with one attached hydrogen (secondary N) is 1. The van der Waals surface area contributed by atoms with Crippen molar-refractivity contribution in [3.05, 3.63) is 70.3 Å². The lowest BCUT2D eigenvalue weighted by molar-refractivity contribution is -0.0315. The van der Waals surface area contributed by atoms with E-state index in [-0.39, 0.29) is 17.4 Å². The number of ether oxygens (including phenoxy) is 3. The molecule has 266 valence electrons. The Morgan fingerprint density at radius 3 is 2.71 bits per heavy atom. The third kappa shape index (κ3) is 7.54. The largest absolute Gasteiger partial charge is 0.490 e. The van der Waals surface area contributed by atoms with Gasteiger partial charge in [0, 0.05) is 48.7 Å². The first kappa shape index (κ1) is 34.8. The monoisotopic (exact) mass is 711 g/mol. The van der Waals surface area contributed by atoms with Crippen LogP contribution >= 0.6 is 11.6 Å². The lowest BCUT2D eigenvalue weighted by Gasteiger charge is -2.46. The van der Waals surface area contributed by atoms with Crippen molar-refractivity contribution in [3.63, 3.8) is 0 Å². The fourth-order valence-electron chi connectivity index (χ4n) is 8.57. The van der Waals surface area contributed by atoms with Crippen molar-refractivity contribution in [1.82, 2.24) is 9.62 Å². The van der Waals surface area contributed by atoms with Crippen molar-refractivity contribution in [2.45, 2.75) is 69.1 Å². The summed E-state index contributed by atoms with van der Waals surface area (Å²) in [7, 11) is -3.91. The number of carbonyl (C=O) groups excluding carboxylic acids is 1. The topological polar surface area (TPSA) is 97.4 Å². The van der Waals surface area contributed by atoms with E-state index < -0.39 is 21.2 Å². The maximum absolute atomic E-state index is 13.5. The second-order valence-corrected chi connectivity index (χ2v) is 17.5. The number of anilines is 1. The molecule has 6 atom stereocenters. The summed E-state index contributed by atoms with van der Waals surface area (Å²) in [6, 6.07) is 11.6. The Kier molecular flexibility index (Phi) is 10.3. The fourth-order valence-corrected chi connectivity index (χ4v) is 9.90. The Morgan fingerprint density at radius 2 is 1.92 bits per heavy atom. The number of fused-ring (bicyclic) bond motifs is 4. The van der Waals surface area contributed by atoms with Gasteiger partial charge in [-0.15, -0.1) is 0 Å². The number of carbonyl (C=O) groups is 1. The number of halogens is 1. The van der Waals surface area contributed by atoms with Gasteiger partial charge in [0.2, 0.25) is 10.0 Å². The number of amides is 1. The molecule has 1 spiro atoms. The first-order chi connectivity index (χ1) is 23.6. The third-order valence-electron chi connectivity index (χ3n) is 11.6. The van der Waals surface area contributed by atoms with E-state index in [1.807, 2.05) is 25.1 Å². The van der Waals surface area contributed by atoms with Gasteiger partial charge in [0.1, 0.15) is 5.75 Å². The Labute approximate surface area is 296 Å². The molecule has 2 aliphatic carbocycles. The van der Waals surface area contributed by atoms with E-state index in [4.69, 9.17) is 25.8 Å². The summed E-state index contributed by atoms with van der Waals surface area (Å²) in [5.74, 6) is 0.808. The molecule has 3 aliphatic heterocycles. The first-order valence-corrected chi connectivity index (χ1v) is 20.0. The van der Waals surface area contributed by atoms with Gasteiger partial charge in [-0.1, -0.05) is 36.7 Å². The molecule has 0 aromatic heterocycles. The molecule has 1 saturated heterocycles. The van der Waals surface area contributed by atoms with E-state index >= 15 is 0 Å². The van der Waals surface area contributed by atoms with Crippen LogP contribution in [0, 0.1) is 17.8 Å². The van der Waals surface area contributed by atoms with Gasteiger partial charge < -0.3 is 19.1 Å². The zero-order valence-corrected chi connectivity index (χ0v) is 30.3. The third-order valence-corrected chi connectivity index (χ3v) is 13.5. The predicted molar refractivity (Wildman–Crippen MR) is 192 cm³/mol. The van der Waals surface area contributed by atoms with Crippen molar-refractivity contribution < 1.29 is 27.4 Å². The maximum Gasteiger partial charge on any atom is 0.264 e. The minimum Gasteiger partial charge on any atom is -0.490 e. The van der Waals surface area contributed by atoms with Crippen LogP contribution in [-0.2, 0) is 31.3 Å². The molecule has 49 heavy (non-hydrogen) atoms. The van der Waals surface area contributed by atoms with Crippen LogP contribution in [0.5, 0.6) is 5.75 Å². The first-order valence-electron chi connectivity index (χ1n) is 18.1. The summed E-state index contributed by atoms with van der Waals surface area (Å²) in [6.45, 7) is 10.6. The standard InChI is InChI=1S/C38H50ClN3O6S/c1-26-5-11-35(47-19-16-41-14-17-46-18-15-41)32-9-6-30(32)23-42-24-38(13-3-4-28-21-31(39)8-10-33(28)38)25-48-36-12-7-29(22-34(36)42)37(43)40-49(44,45)27(2)20-26/h5,7-8,10-12,21-22,26-27,30,32,35H,3-4,6,9,13-20,23-25H2,1-2H3,(H,40,43)/b11-5-/t26-,27+,30-,32+,35-,38-/m0/s1. The molecule has 1 N–H and O–H groups in total. The highest BCUT2D eigenvalue weighted by Crippen LogP contribution is 2.47. The minimum atomic E-state index is -3.91. The van der Waals surface area contributed by atoms with Crippen molar-refractivity contribution in [1.29, 1.82) is 0 Å². The molecule has 2 aromatic carbocycles. The summed E-state index contributed by atoms with van der Waals surface area (Å²) in [5, 5.41) is -0.000512. The molecule has 1 saturated carbocycles. The second-order valence-electron chi connectivity index (χ2n) is 15.0. The number of nitrogens with zero attached hydrogens (tertiary/aromatic N) is 2. The minimum absolute atomic E-state index is 0.00757. The number of hydrogen-bond donors (Lipinski definition) is 1. The van der Waals surface area contributed by atoms with Gasteiger partial charge in [0.25, 0.3) is 5.91 Å². The molecule has 9 nitrogen and oxygen atoms in total. The number of sulfonamides is 1. The van der Waals surface area contributed by atoms with Crippen molar-refractivity contribution in [2.24, 2.45) is 17.8 Å². The summed E-state index contributed by atoms with van der Waals surface area (Å²) >= 11 is 6.46. The van der Waals surface area contributed by atoms with E-state index in [1.54, 1.807) is 13.0 Å². The van der Waals surface area contributed by atoms with Crippen LogP contribution in [0.4, 0.5) is 5.69 Å². The molecule has 2 bridgehead atoms. The average Bonchev–Trinajstić information content (AvgIpc) is 3.22. The van der Waals surface area contributed by atoms with E-state index in [1.165, 1.54) is 11.1 Å². The summed E-state index contributed by atoms with van der Waals surface area (Å²) in [6.07, 6.45) is 9.81. The highest BCUT2D eigenvalue weighted by molar-refractivity contribution is 7.90. The maximum atomic E-state index is 13.5. The van der Waals surface area contributed by atoms with Gasteiger partial charge in [-0.25, -0.2) is 13.1 Å². The van der Waals surface area contributed by atoms with Crippen molar-refractivity contribution in [2.75, 3.05) is 64.1 Å².